The molecule has 0 bridgehead atoms. The Bertz CT molecular complexity index is 1260. The highest BCUT2D eigenvalue weighted by atomic mass is 19.3. The summed E-state index contributed by atoms with van der Waals surface area (Å²) < 4.78 is 32.8. The van der Waals surface area contributed by atoms with Gasteiger partial charge in [-0.2, -0.15) is 13.8 Å². The highest BCUT2D eigenvalue weighted by molar-refractivity contribution is 5.90. The molecule has 0 amide bonds. The zero-order valence-electron chi connectivity index (χ0n) is 17.5. The number of halogens is 2. The summed E-state index contributed by atoms with van der Waals surface area (Å²) in [4.78, 5) is 8.59. The van der Waals surface area contributed by atoms with Crippen molar-refractivity contribution in [2.24, 2.45) is 0 Å². The largest absolute Gasteiger partial charge is 0.414 e. The molecule has 1 aliphatic carbocycles. The number of benzene rings is 1. The van der Waals surface area contributed by atoms with Crippen LogP contribution in [0.1, 0.15) is 32.6 Å². The summed E-state index contributed by atoms with van der Waals surface area (Å²) in [5, 5.41) is 18.8. The molecule has 1 aromatic carbocycles. The number of hydrogen-bond donors (Lipinski definition) is 2. The van der Waals surface area contributed by atoms with E-state index in [1.807, 2.05) is 43.3 Å². The smallest absolute Gasteiger partial charge is 0.388 e. The van der Waals surface area contributed by atoms with E-state index >= 15 is 0 Å². The highest BCUT2D eigenvalue weighted by Crippen LogP contribution is 2.34. The average Bonchev–Trinajstić information content (AvgIpc) is 3.19. The van der Waals surface area contributed by atoms with Gasteiger partial charge in [-0.15, -0.1) is 5.10 Å². The van der Waals surface area contributed by atoms with Gasteiger partial charge >= 0.3 is 6.61 Å². The van der Waals surface area contributed by atoms with Crippen LogP contribution in [-0.2, 0) is 0 Å². The van der Waals surface area contributed by atoms with E-state index in [0.717, 1.165) is 29.3 Å². The minimum absolute atomic E-state index is 0.0510. The van der Waals surface area contributed by atoms with E-state index in [-0.39, 0.29) is 17.9 Å². The Balaban J connectivity index is 1.53. The van der Waals surface area contributed by atoms with Crippen LogP contribution in [0.3, 0.4) is 0 Å². The zero-order valence-corrected chi connectivity index (χ0v) is 17.5. The van der Waals surface area contributed by atoms with Crippen molar-refractivity contribution in [3.63, 3.8) is 0 Å². The number of pyridine rings is 1. The lowest BCUT2D eigenvalue weighted by Gasteiger charge is -2.33. The molecule has 166 valence electrons. The zero-order chi connectivity index (χ0) is 22.3. The molecule has 7 nitrogen and oxygen atoms in total. The molecule has 2 N–H and O–H groups in total. The number of aliphatic hydroxyl groups is 1. The van der Waals surface area contributed by atoms with Gasteiger partial charge in [-0.1, -0.05) is 12.1 Å². The molecular formula is C23H23F2N5O2. The molecule has 0 unspecified atom stereocenters. The third-order valence-corrected chi connectivity index (χ3v) is 5.99. The van der Waals surface area contributed by atoms with E-state index in [1.54, 1.807) is 12.4 Å². The van der Waals surface area contributed by atoms with Crippen molar-refractivity contribution in [3.05, 3.63) is 48.8 Å². The van der Waals surface area contributed by atoms with Gasteiger partial charge in [0.1, 0.15) is 5.52 Å². The van der Waals surface area contributed by atoms with E-state index in [0.29, 0.717) is 23.9 Å². The molecule has 1 saturated carbocycles. The van der Waals surface area contributed by atoms with Crippen LogP contribution in [0.5, 0.6) is 5.88 Å². The number of fused-ring (bicyclic) bond motifs is 2. The van der Waals surface area contributed by atoms with Crippen LogP contribution in [0.2, 0.25) is 0 Å². The summed E-state index contributed by atoms with van der Waals surface area (Å²) in [6, 6.07) is 11.4. The van der Waals surface area contributed by atoms with E-state index in [2.05, 4.69) is 20.4 Å². The minimum atomic E-state index is -3.02. The summed E-state index contributed by atoms with van der Waals surface area (Å²) in [6.07, 6.45) is 6.20. The van der Waals surface area contributed by atoms with Gasteiger partial charge in [-0.05, 0) is 62.4 Å². The fraction of sp³-hybridized carbons (Fsp3) is 0.348. The third-order valence-electron chi connectivity index (χ3n) is 5.99. The van der Waals surface area contributed by atoms with Crippen molar-refractivity contribution < 1.29 is 18.6 Å². The van der Waals surface area contributed by atoms with Gasteiger partial charge in [-0.25, -0.2) is 4.52 Å². The maximum atomic E-state index is 13.2. The number of nitrogens with zero attached hydrogens (tertiary/aromatic N) is 4. The van der Waals surface area contributed by atoms with Crippen LogP contribution in [0.25, 0.3) is 27.5 Å². The highest BCUT2D eigenvalue weighted by Gasteiger charge is 2.29. The molecule has 0 spiro atoms. The van der Waals surface area contributed by atoms with Crippen molar-refractivity contribution in [1.82, 2.24) is 19.6 Å². The number of hydrogen-bond acceptors (Lipinski definition) is 6. The van der Waals surface area contributed by atoms with Crippen LogP contribution in [-0.4, -0.2) is 42.9 Å². The summed E-state index contributed by atoms with van der Waals surface area (Å²) in [5.74, 6) is 0.0242. The molecule has 5 rings (SSSR count). The van der Waals surface area contributed by atoms with Gasteiger partial charge in [0.25, 0.3) is 0 Å². The molecule has 0 aliphatic heterocycles. The maximum Gasteiger partial charge on any atom is 0.388 e. The van der Waals surface area contributed by atoms with Crippen molar-refractivity contribution in [2.75, 3.05) is 5.32 Å². The van der Waals surface area contributed by atoms with Gasteiger partial charge in [-0.3, -0.25) is 4.98 Å². The van der Waals surface area contributed by atoms with Crippen molar-refractivity contribution >= 4 is 22.4 Å². The number of anilines is 1. The maximum absolute atomic E-state index is 13.2. The summed E-state index contributed by atoms with van der Waals surface area (Å²) in [6.45, 7) is -1.19. The van der Waals surface area contributed by atoms with Crippen molar-refractivity contribution in [3.8, 4) is 17.0 Å². The summed E-state index contributed by atoms with van der Waals surface area (Å²) >= 11 is 0. The number of rotatable bonds is 5. The first-order valence-electron chi connectivity index (χ1n) is 10.6. The van der Waals surface area contributed by atoms with Crippen molar-refractivity contribution in [1.29, 1.82) is 0 Å². The molecule has 4 aromatic rings. The first kappa shape index (κ1) is 20.6. The molecule has 3 aromatic heterocycles. The lowest BCUT2D eigenvalue weighted by Crippen LogP contribution is -2.36. The quantitative estimate of drug-likeness (QED) is 0.471. The van der Waals surface area contributed by atoms with E-state index in [4.69, 9.17) is 4.74 Å². The van der Waals surface area contributed by atoms with Gasteiger partial charge in [0.2, 0.25) is 11.8 Å². The van der Waals surface area contributed by atoms with Crippen LogP contribution in [0.4, 0.5) is 14.7 Å². The fourth-order valence-corrected chi connectivity index (χ4v) is 4.26. The van der Waals surface area contributed by atoms with Gasteiger partial charge in [0.05, 0.1) is 11.1 Å². The van der Waals surface area contributed by atoms with Crippen LogP contribution < -0.4 is 10.1 Å². The number of ether oxygens (including phenoxy) is 1. The normalized spacial score (nSPS) is 21.3. The number of aromatic nitrogens is 4. The predicted molar refractivity (Wildman–Crippen MR) is 117 cm³/mol. The molecular weight excluding hydrogens is 416 g/mol. The SMILES string of the molecule is CC1(O)CCC(Nc2nc(OC(F)F)c3c(-c4ccc5ncccc5c4)ccn3n2)CC1. The Morgan fingerprint density at radius 3 is 2.81 bits per heavy atom. The standard InChI is InChI=1S/C23H23F2N5O2/c1-23(31)9-6-16(7-10-23)27-22-28-20(32-21(24)25)19-17(8-12-30(19)29-22)14-4-5-18-15(13-14)3-2-11-26-18/h2-5,8,11-13,16,21,31H,6-7,9-10H2,1H3,(H,27,29). The minimum Gasteiger partial charge on any atom is -0.414 e. The molecule has 1 fully saturated rings. The predicted octanol–water partition coefficient (Wildman–Crippen LogP) is 4.65. The fourth-order valence-electron chi connectivity index (χ4n) is 4.26. The second-order valence-electron chi connectivity index (χ2n) is 8.47. The first-order chi connectivity index (χ1) is 15.4. The van der Waals surface area contributed by atoms with Crippen LogP contribution in [0.15, 0.2) is 48.8 Å². The summed E-state index contributed by atoms with van der Waals surface area (Å²) in [5.41, 5.74) is 2.05. The molecule has 1 aliphatic rings. The molecule has 3 heterocycles. The van der Waals surface area contributed by atoms with E-state index in [9.17, 15) is 13.9 Å². The average molecular weight is 439 g/mol. The molecule has 0 saturated heterocycles. The topological polar surface area (TPSA) is 84.6 Å². The Hall–Kier alpha value is -3.33. The van der Waals surface area contributed by atoms with Gasteiger partial charge in [0.15, 0.2) is 0 Å². The van der Waals surface area contributed by atoms with Gasteiger partial charge in [0, 0.05) is 29.4 Å². The lowest BCUT2D eigenvalue weighted by atomic mass is 9.84. The van der Waals surface area contributed by atoms with Gasteiger partial charge < -0.3 is 15.2 Å². The molecule has 0 atom stereocenters. The third kappa shape index (κ3) is 4.08. The second-order valence-corrected chi connectivity index (χ2v) is 8.47. The summed E-state index contributed by atoms with van der Waals surface area (Å²) in [7, 11) is 0. The Morgan fingerprint density at radius 2 is 2.03 bits per heavy atom. The van der Waals surface area contributed by atoms with E-state index in [1.165, 1.54) is 4.52 Å². The lowest BCUT2D eigenvalue weighted by molar-refractivity contribution is -0.0519. The van der Waals surface area contributed by atoms with E-state index < -0.39 is 12.2 Å². The molecule has 32 heavy (non-hydrogen) atoms. The first-order valence-corrected chi connectivity index (χ1v) is 10.6. The molecule has 9 heteroatoms. The van der Waals surface area contributed by atoms with Crippen LogP contribution in [0, 0.1) is 0 Å². The Morgan fingerprint density at radius 1 is 1.22 bits per heavy atom. The van der Waals surface area contributed by atoms with Crippen molar-refractivity contribution in [2.45, 2.75) is 50.9 Å². The monoisotopic (exact) mass is 439 g/mol. The van der Waals surface area contributed by atoms with Crippen LogP contribution >= 0.6 is 0 Å². The Labute approximate surface area is 183 Å². The second kappa shape index (κ2) is 7.98. The number of alkyl halides is 2. The Kier molecular flexibility index (Phi) is 5.13. The molecule has 0 radical (unpaired) electrons. The number of nitrogens with one attached hydrogen (secondary N) is 1.